The van der Waals surface area contributed by atoms with Crippen molar-refractivity contribution in [2.24, 2.45) is 0 Å². The summed E-state index contributed by atoms with van der Waals surface area (Å²) in [5.74, 6) is -1.07. The molecule has 34 heavy (non-hydrogen) atoms. The van der Waals surface area contributed by atoms with Crippen LogP contribution in [0.4, 0.5) is 0 Å². The highest BCUT2D eigenvalue weighted by Gasteiger charge is 2.24. The molecule has 202 valence electrons. The highest BCUT2D eigenvalue weighted by atomic mass is 16.5. The van der Waals surface area contributed by atoms with E-state index in [1.807, 2.05) is 6.92 Å². The summed E-state index contributed by atoms with van der Waals surface area (Å²) in [6, 6.07) is 0. The van der Waals surface area contributed by atoms with Gasteiger partial charge >= 0.3 is 5.97 Å². The van der Waals surface area contributed by atoms with Gasteiger partial charge in [-0.05, 0) is 38.5 Å². The molecule has 0 amide bonds. The predicted octanol–water partition coefficient (Wildman–Crippen LogP) is 6.57. The fraction of sp³-hybridized carbons (Fsp3) is 0.931. The maximum Gasteiger partial charge on any atom is 0.305 e. The molecule has 0 aliphatic carbocycles. The number of carboxylic acids is 1. The SMILES string of the molecule is CCCCCCCCCCCCCCCCC(C[N+](C)(C)CCCCCC(=O)[O-])OC(=O)CC. The quantitative estimate of drug-likeness (QED) is 0.0837. The Labute approximate surface area is 211 Å². The van der Waals surface area contributed by atoms with Crippen LogP contribution < -0.4 is 5.11 Å². The summed E-state index contributed by atoms with van der Waals surface area (Å²) in [4.78, 5) is 22.5. The van der Waals surface area contributed by atoms with Crippen molar-refractivity contribution in [1.82, 2.24) is 0 Å². The molecule has 1 unspecified atom stereocenters. The van der Waals surface area contributed by atoms with Crippen molar-refractivity contribution in [1.29, 1.82) is 0 Å². The lowest BCUT2D eigenvalue weighted by Crippen LogP contribution is -2.47. The van der Waals surface area contributed by atoms with Crippen LogP contribution in [0.5, 0.6) is 0 Å². The first-order chi connectivity index (χ1) is 16.3. The number of likely N-dealkylation sites (N-methyl/N-ethyl adjacent to an activating group) is 1. The summed E-state index contributed by atoms with van der Waals surface area (Å²) < 4.78 is 6.56. The van der Waals surface area contributed by atoms with Gasteiger partial charge in [0, 0.05) is 12.4 Å². The molecule has 0 bridgehead atoms. The molecule has 0 aliphatic rings. The summed E-state index contributed by atoms with van der Waals surface area (Å²) >= 11 is 0. The van der Waals surface area contributed by atoms with Gasteiger partial charge in [0.05, 0.1) is 20.6 Å². The molecular weight excluding hydrogens is 426 g/mol. The van der Waals surface area contributed by atoms with E-state index in [0.717, 1.165) is 43.3 Å². The van der Waals surface area contributed by atoms with E-state index in [1.54, 1.807) is 0 Å². The van der Waals surface area contributed by atoms with Gasteiger partial charge in [0.15, 0.2) is 6.10 Å². The number of nitrogens with zero attached hydrogens (tertiary/aromatic N) is 1. The second kappa shape index (κ2) is 22.4. The van der Waals surface area contributed by atoms with Crippen LogP contribution in [0, 0.1) is 0 Å². The third-order valence-corrected chi connectivity index (χ3v) is 6.81. The van der Waals surface area contributed by atoms with E-state index in [1.165, 1.54) is 83.5 Å². The predicted molar refractivity (Wildman–Crippen MR) is 140 cm³/mol. The number of hydrogen-bond acceptors (Lipinski definition) is 4. The monoisotopic (exact) mass is 483 g/mol. The molecule has 5 heteroatoms. The van der Waals surface area contributed by atoms with Crippen molar-refractivity contribution in [2.75, 3.05) is 27.2 Å². The van der Waals surface area contributed by atoms with Crippen molar-refractivity contribution in [3.63, 3.8) is 0 Å². The summed E-state index contributed by atoms with van der Waals surface area (Å²) in [6.07, 6.45) is 22.9. The van der Waals surface area contributed by atoms with Crippen LogP contribution in [0.3, 0.4) is 0 Å². The van der Waals surface area contributed by atoms with Gasteiger partial charge in [0.1, 0.15) is 6.54 Å². The molecule has 0 saturated heterocycles. The Hall–Kier alpha value is -1.10. The minimum atomic E-state index is -0.964. The third kappa shape index (κ3) is 22.7. The fourth-order valence-corrected chi connectivity index (χ4v) is 4.65. The molecule has 1 atom stereocenters. The smallest absolute Gasteiger partial charge is 0.305 e. The summed E-state index contributed by atoms with van der Waals surface area (Å²) in [5.41, 5.74) is 0. The van der Waals surface area contributed by atoms with E-state index >= 15 is 0 Å². The Balaban J connectivity index is 3.94. The Kier molecular flexibility index (Phi) is 21.6. The lowest BCUT2D eigenvalue weighted by molar-refractivity contribution is -0.893. The van der Waals surface area contributed by atoms with Gasteiger partial charge in [0.2, 0.25) is 0 Å². The van der Waals surface area contributed by atoms with Crippen molar-refractivity contribution in [3.8, 4) is 0 Å². The van der Waals surface area contributed by atoms with E-state index in [9.17, 15) is 14.7 Å². The fourth-order valence-electron chi connectivity index (χ4n) is 4.65. The van der Waals surface area contributed by atoms with Crippen LogP contribution in [-0.4, -0.2) is 49.7 Å². The number of ether oxygens (including phenoxy) is 1. The molecule has 0 saturated carbocycles. The van der Waals surface area contributed by atoms with Crippen molar-refractivity contribution < 1.29 is 23.9 Å². The maximum atomic E-state index is 11.9. The second-order valence-electron chi connectivity index (χ2n) is 10.9. The van der Waals surface area contributed by atoms with Crippen LogP contribution in [0.25, 0.3) is 0 Å². The van der Waals surface area contributed by atoms with Crippen LogP contribution >= 0.6 is 0 Å². The summed E-state index contributed by atoms with van der Waals surface area (Å²) in [6.45, 7) is 5.91. The number of quaternary nitrogens is 1. The number of unbranched alkanes of at least 4 members (excludes halogenated alkanes) is 15. The number of rotatable bonds is 25. The Morgan fingerprint density at radius 2 is 1.18 bits per heavy atom. The van der Waals surface area contributed by atoms with Gasteiger partial charge in [-0.2, -0.15) is 0 Å². The van der Waals surface area contributed by atoms with Crippen molar-refractivity contribution in [2.45, 2.75) is 148 Å². The summed E-state index contributed by atoms with van der Waals surface area (Å²) in [5, 5.41) is 10.5. The molecule has 0 fully saturated rings. The number of aliphatic carboxylic acids is 1. The molecule has 0 aromatic heterocycles. The minimum Gasteiger partial charge on any atom is -0.550 e. The second-order valence-corrected chi connectivity index (χ2v) is 10.9. The number of hydrogen-bond donors (Lipinski definition) is 0. The first-order valence-corrected chi connectivity index (χ1v) is 14.5. The molecule has 0 aliphatic heterocycles. The third-order valence-electron chi connectivity index (χ3n) is 6.81. The van der Waals surface area contributed by atoms with Gasteiger partial charge in [-0.1, -0.05) is 97.3 Å². The van der Waals surface area contributed by atoms with Gasteiger partial charge in [-0.25, -0.2) is 0 Å². The zero-order chi connectivity index (χ0) is 25.5. The van der Waals surface area contributed by atoms with Crippen molar-refractivity contribution >= 4 is 11.9 Å². The van der Waals surface area contributed by atoms with Gasteiger partial charge in [-0.15, -0.1) is 0 Å². The molecule has 0 spiro atoms. The molecule has 0 radical (unpaired) electrons. The molecule has 0 rings (SSSR count). The number of esters is 1. The molecule has 0 aromatic carbocycles. The maximum absolute atomic E-state index is 11.9. The average molecular weight is 484 g/mol. The van der Waals surface area contributed by atoms with E-state index in [-0.39, 0.29) is 18.5 Å². The number of carbonyl (C=O) groups is 2. The highest BCUT2D eigenvalue weighted by Crippen LogP contribution is 2.17. The molecule has 0 heterocycles. The topological polar surface area (TPSA) is 66.4 Å². The summed E-state index contributed by atoms with van der Waals surface area (Å²) in [7, 11) is 4.35. The lowest BCUT2D eigenvalue weighted by Gasteiger charge is -2.33. The molecule has 5 nitrogen and oxygen atoms in total. The first kappa shape index (κ1) is 32.9. The number of carboxylic acid groups (broad SMARTS) is 1. The Morgan fingerprint density at radius 1 is 0.706 bits per heavy atom. The van der Waals surface area contributed by atoms with Crippen LogP contribution in [0.2, 0.25) is 0 Å². The highest BCUT2D eigenvalue weighted by molar-refractivity contribution is 5.69. The van der Waals surface area contributed by atoms with Gasteiger partial charge in [-0.3, -0.25) is 4.79 Å². The standard InChI is InChI=1S/C29H57NO4/c1-5-7-8-9-10-11-12-13-14-15-16-17-18-20-23-27(34-29(33)6-2)26-30(3,4)25-22-19-21-24-28(31)32/h27H,5-26H2,1-4H3. The molecular formula is C29H57NO4. The Morgan fingerprint density at radius 3 is 1.65 bits per heavy atom. The zero-order valence-electron chi connectivity index (χ0n) is 23.2. The van der Waals surface area contributed by atoms with Crippen LogP contribution in [-0.2, 0) is 14.3 Å². The van der Waals surface area contributed by atoms with Crippen LogP contribution in [0.1, 0.15) is 142 Å². The zero-order valence-corrected chi connectivity index (χ0v) is 23.2. The Bertz CT molecular complexity index is 493. The van der Waals surface area contributed by atoms with E-state index in [4.69, 9.17) is 4.74 Å². The van der Waals surface area contributed by atoms with E-state index < -0.39 is 5.97 Å². The van der Waals surface area contributed by atoms with E-state index in [0.29, 0.717) is 12.8 Å². The average Bonchev–Trinajstić information content (AvgIpc) is 2.78. The van der Waals surface area contributed by atoms with Gasteiger partial charge in [0.25, 0.3) is 0 Å². The number of carbonyl (C=O) groups excluding carboxylic acids is 2. The van der Waals surface area contributed by atoms with E-state index in [2.05, 4.69) is 21.0 Å². The minimum absolute atomic E-state index is 0.0250. The normalized spacial score (nSPS) is 12.6. The lowest BCUT2D eigenvalue weighted by atomic mass is 10.0. The largest absolute Gasteiger partial charge is 0.550 e. The van der Waals surface area contributed by atoms with Crippen molar-refractivity contribution in [3.05, 3.63) is 0 Å². The molecule has 0 aromatic rings. The van der Waals surface area contributed by atoms with Gasteiger partial charge < -0.3 is 19.1 Å². The molecule has 0 N–H and O–H groups in total. The van der Waals surface area contributed by atoms with Crippen LogP contribution in [0.15, 0.2) is 0 Å². The first-order valence-electron chi connectivity index (χ1n) is 14.5.